The van der Waals surface area contributed by atoms with Gasteiger partial charge in [0.25, 0.3) is 6.47 Å². The first-order valence-electron chi connectivity index (χ1n) is 30.5. The number of phenolic OH excluding ortho intramolecular Hbond substituents is 2. The van der Waals surface area contributed by atoms with Gasteiger partial charge in [-0.1, -0.05) is 279 Å². The Bertz CT molecular complexity index is 5120. The first kappa shape index (κ1) is 66.8. The second-order valence-electron chi connectivity index (χ2n) is 22.6. The first-order valence-corrected chi connectivity index (χ1v) is 30.5. The van der Waals surface area contributed by atoms with Crippen LogP contribution in [0.4, 0.5) is 8.78 Å². The third kappa shape index (κ3) is 13.5. The summed E-state index contributed by atoms with van der Waals surface area (Å²) in [4.78, 5) is 11.2. The molecule has 0 saturated heterocycles. The second kappa shape index (κ2) is 30.3. The topological polar surface area (TPSA) is 116 Å². The van der Waals surface area contributed by atoms with E-state index in [9.17, 15) is 10.2 Å². The van der Waals surface area contributed by atoms with Crippen molar-refractivity contribution in [3.63, 3.8) is 0 Å². The zero-order valence-electron chi connectivity index (χ0n) is 53.3. The van der Waals surface area contributed by atoms with Crippen LogP contribution in [0.1, 0.15) is 1.43 Å². The van der Waals surface area contributed by atoms with Crippen molar-refractivity contribution in [2.24, 2.45) is 0 Å². The van der Waals surface area contributed by atoms with Gasteiger partial charge in [-0.3, -0.25) is 4.79 Å². The van der Waals surface area contributed by atoms with Gasteiger partial charge in [-0.2, -0.15) is 0 Å². The molecule has 0 bridgehead atoms. The molecule has 2 aromatic heterocycles. The Morgan fingerprint density at radius 3 is 0.833 bits per heavy atom. The maximum Gasteiger partial charge on any atom is 1.00 e. The summed E-state index contributed by atoms with van der Waals surface area (Å²) in [5.41, 5.74) is 19.1. The molecular formula is C85H56F2K2O7. The summed E-state index contributed by atoms with van der Waals surface area (Å²) < 4.78 is 45.2. The number of halogens is 2. The summed E-state index contributed by atoms with van der Waals surface area (Å²) in [5.74, 6) is -2.53. The van der Waals surface area contributed by atoms with E-state index in [2.05, 4.69) is 150 Å². The number of phenols is 2. The molecule has 0 radical (unpaired) electrons. The van der Waals surface area contributed by atoms with Crippen molar-refractivity contribution in [1.29, 1.82) is 0 Å². The quantitative estimate of drug-likeness (QED) is 0.0573. The van der Waals surface area contributed by atoms with Crippen LogP contribution in [-0.2, 0) is 9.68 Å². The van der Waals surface area contributed by atoms with Crippen LogP contribution in [0.3, 0.4) is 0 Å². The Balaban J connectivity index is 0.000000181. The molecule has 2 N–H and O–H groups in total. The van der Waals surface area contributed by atoms with Gasteiger partial charge < -0.3 is 30.6 Å². The number of carbonyl (C=O) groups is 1. The largest absolute Gasteiger partial charge is 1.00 e. The SMILES string of the molecule is O=CO[O-].Oc1c(-c2cccc(-c3ccccc3)c2)cccc1-c1ccc(-c2cccc(-c3cccc(-c4ccccc4)c3)c2O)c(F)c1F.[H-].[K+].[K+].c1ccc(-c2cccc(-c3cccc4c3oc3c4ccc4c5cccc(-c6cccc(-c7ccccc7)c6)c5oc43)c2)cc1. The summed E-state index contributed by atoms with van der Waals surface area (Å²) in [6.45, 7) is -0.181. The molecule has 16 aromatic rings. The Labute approximate surface area is 639 Å². The number of benzene rings is 14. The van der Waals surface area contributed by atoms with E-state index in [0.29, 0.717) is 11.1 Å². The molecule has 0 saturated carbocycles. The number of furan rings is 2. The minimum atomic E-state index is -1.11. The maximum atomic E-state index is 15.9. The van der Waals surface area contributed by atoms with E-state index in [1.165, 1.54) is 34.4 Å². The van der Waals surface area contributed by atoms with Crippen molar-refractivity contribution in [3.8, 4) is 123 Å². The Morgan fingerprint density at radius 1 is 0.281 bits per heavy atom. The van der Waals surface area contributed by atoms with Crippen molar-refractivity contribution < 1.29 is 147 Å². The van der Waals surface area contributed by atoms with Crippen LogP contribution >= 0.6 is 0 Å². The minimum absolute atomic E-state index is 0. The number of fused-ring (bicyclic) bond motifs is 7. The summed E-state index contributed by atoms with van der Waals surface area (Å²) in [6, 6.07) is 104. The van der Waals surface area contributed by atoms with E-state index in [-0.39, 0.29) is 144 Å². The van der Waals surface area contributed by atoms with E-state index in [1.54, 1.807) is 36.4 Å². The predicted molar refractivity (Wildman–Crippen MR) is 373 cm³/mol. The fourth-order valence-corrected chi connectivity index (χ4v) is 12.5. The zero-order chi connectivity index (χ0) is 64.1. The fraction of sp³-hybridized carbons (Fsp3) is 0. The van der Waals surface area contributed by atoms with E-state index in [1.807, 2.05) is 121 Å². The monoisotopic (exact) mass is 1300 g/mol. The molecule has 2 heterocycles. The fourth-order valence-electron chi connectivity index (χ4n) is 12.5. The molecule has 11 heteroatoms. The van der Waals surface area contributed by atoms with E-state index >= 15 is 8.78 Å². The van der Waals surface area contributed by atoms with Gasteiger partial charge in [-0.15, -0.1) is 0 Å². The van der Waals surface area contributed by atoms with Gasteiger partial charge in [-0.05, 0) is 103 Å². The molecule has 14 aromatic carbocycles. The summed E-state index contributed by atoms with van der Waals surface area (Å²) >= 11 is 0. The smallest absolute Gasteiger partial charge is 1.00 e. The molecular weight excluding hydrogens is 1250 g/mol. The second-order valence-corrected chi connectivity index (χ2v) is 22.6. The van der Waals surface area contributed by atoms with Crippen LogP contribution < -0.4 is 108 Å². The number of para-hydroxylation sites is 4. The molecule has 0 aliphatic heterocycles. The van der Waals surface area contributed by atoms with Gasteiger partial charge in [-0.25, -0.2) is 8.78 Å². The summed E-state index contributed by atoms with van der Waals surface area (Å²) in [5, 5.41) is 35.4. The van der Waals surface area contributed by atoms with Crippen LogP contribution in [0.5, 0.6) is 11.5 Å². The minimum Gasteiger partial charge on any atom is -1.00 e. The number of hydrogen-bond acceptors (Lipinski definition) is 7. The van der Waals surface area contributed by atoms with Gasteiger partial charge >= 0.3 is 103 Å². The van der Waals surface area contributed by atoms with Gasteiger partial charge in [0.05, 0.1) is 0 Å². The summed E-state index contributed by atoms with van der Waals surface area (Å²) in [6.07, 6.45) is 0. The number of hydrogen-bond donors (Lipinski definition) is 2. The van der Waals surface area contributed by atoms with Crippen LogP contribution in [0.25, 0.3) is 155 Å². The van der Waals surface area contributed by atoms with Gasteiger partial charge in [0.15, 0.2) is 22.8 Å². The molecule has 0 unspecified atom stereocenters. The molecule has 0 amide bonds. The van der Waals surface area contributed by atoms with Crippen LogP contribution in [0.15, 0.2) is 324 Å². The van der Waals surface area contributed by atoms with E-state index < -0.39 is 11.6 Å². The first-order chi connectivity index (χ1) is 46.2. The Kier molecular flexibility index (Phi) is 21.1. The molecule has 0 aliphatic carbocycles. The van der Waals surface area contributed by atoms with Crippen molar-refractivity contribution >= 4 is 50.3 Å². The average Bonchev–Trinajstić information content (AvgIpc) is 1.57. The van der Waals surface area contributed by atoms with Gasteiger partial charge in [0.1, 0.15) is 22.7 Å². The molecule has 16 rings (SSSR count). The Hall–Kier alpha value is -9.16. The van der Waals surface area contributed by atoms with Crippen molar-refractivity contribution in [2.45, 2.75) is 0 Å². The number of carbonyl (C=O) groups excluding carboxylic acids is 1. The zero-order valence-corrected chi connectivity index (χ0v) is 58.5. The molecule has 0 aliphatic rings. The predicted octanol–water partition coefficient (Wildman–Crippen LogP) is 16.1. The van der Waals surface area contributed by atoms with Crippen molar-refractivity contribution in [2.75, 3.05) is 0 Å². The molecule has 0 atom stereocenters. The van der Waals surface area contributed by atoms with Gasteiger partial charge in [0, 0.05) is 66.1 Å². The van der Waals surface area contributed by atoms with Crippen LogP contribution in [0, 0.1) is 11.6 Å². The summed E-state index contributed by atoms with van der Waals surface area (Å²) in [7, 11) is 0. The van der Waals surface area contributed by atoms with Gasteiger partial charge in [0.2, 0.25) is 0 Å². The van der Waals surface area contributed by atoms with Crippen LogP contribution in [-0.4, -0.2) is 16.7 Å². The maximum absolute atomic E-state index is 15.9. The normalized spacial score (nSPS) is 10.8. The molecule has 454 valence electrons. The van der Waals surface area contributed by atoms with E-state index in [0.717, 1.165) is 99.5 Å². The molecule has 0 spiro atoms. The van der Waals surface area contributed by atoms with Crippen molar-refractivity contribution in [1.82, 2.24) is 0 Å². The number of rotatable bonds is 11. The third-order valence-electron chi connectivity index (χ3n) is 17.0. The average molecular weight is 1310 g/mol. The van der Waals surface area contributed by atoms with Crippen molar-refractivity contribution in [3.05, 3.63) is 327 Å². The molecule has 7 nitrogen and oxygen atoms in total. The molecule has 0 fully saturated rings. The van der Waals surface area contributed by atoms with E-state index in [4.69, 9.17) is 18.9 Å². The standard InChI is InChI=1S/C42H28F2O2.C42H26O2.CH2O3.2K.H/c43-39-35(37-21-9-19-33(41(37)45)31-17-7-15-29(25-31)27-11-3-1-4-12-27)23-24-36(40(39)44)38-22-10-20-34(42(38)46)32-18-8-16-30(26-32)28-13-5-2-6-14-28;1-3-11-27(12-4-1)29-15-7-17-31(25-29)33-19-9-21-35-37-23-24-38-36-22-10-20-34(40(36)44-42(38)41(37)43-39(33)35)32-18-8-16-30(26-32)28-13-5-2-6-14-28;2-1-4-3;;;/h1-26,45-46H;1-26H;1,3H;;;/q;;;2*+1;-1/p-1. The molecule has 96 heavy (non-hydrogen) atoms. The van der Waals surface area contributed by atoms with Crippen LogP contribution in [0.2, 0.25) is 0 Å². The number of aromatic hydroxyl groups is 2. The third-order valence-corrected chi connectivity index (χ3v) is 17.0. The Morgan fingerprint density at radius 2 is 0.521 bits per heavy atom.